The highest BCUT2D eigenvalue weighted by molar-refractivity contribution is 5.77. The number of hydrogen-bond donors (Lipinski definition) is 0. The first-order valence-electron chi connectivity index (χ1n) is 8.55. The van der Waals surface area contributed by atoms with Gasteiger partial charge in [-0.25, -0.2) is 8.78 Å². The third kappa shape index (κ3) is 4.30. The van der Waals surface area contributed by atoms with Crippen molar-refractivity contribution in [2.75, 3.05) is 32.9 Å². The maximum Gasteiger partial charge on any atom is 0.248 e. The summed E-state index contributed by atoms with van der Waals surface area (Å²) in [6, 6.07) is 4.06. The van der Waals surface area contributed by atoms with Gasteiger partial charge in [-0.3, -0.25) is 4.79 Å². The van der Waals surface area contributed by atoms with Gasteiger partial charge < -0.3 is 14.4 Å². The second-order valence-corrected chi connectivity index (χ2v) is 6.48. The molecule has 0 bridgehead atoms. The molecule has 0 radical (unpaired) electrons. The summed E-state index contributed by atoms with van der Waals surface area (Å²) < 4.78 is 37.3. The van der Waals surface area contributed by atoms with Gasteiger partial charge >= 0.3 is 0 Å². The summed E-state index contributed by atoms with van der Waals surface area (Å²) in [7, 11) is 0. The number of ether oxygens (including phenoxy) is 2. The number of rotatable bonds is 5. The molecule has 0 unspecified atom stereocenters. The van der Waals surface area contributed by atoms with E-state index in [0.717, 1.165) is 37.9 Å². The fourth-order valence-corrected chi connectivity index (χ4v) is 3.37. The lowest BCUT2D eigenvalue weighted by atomic mass is 9.89. The van der Waals surface area contributed by atoms with Crippen LogP contribution in [0.15, 0.2) is 18.2 Å². The van der Waals surface area contributed by atoms with Gasteiger partial charge in [0.2, 0.25) is 5.91 Å². The highest BCUT2D eigenvalue weighted by Gasteiger charge is 2.25. The maximum absolute atomic E-state index is 13.3. The minimum Gasteiger partial charge on any atom is -0.376 e. The minimum absolute atomic E-state index is 0.0169. The Bertz CT molecular complexity index is 567. The molecule has 24 heavy (non-hydrogen) atoms. The van der Waals surface area contributed by atoms with Crippen molar-refractivity contribution in [3.63, 3.8) is 0 Å². The molecule has 1 amide bonds. The number of carbonyl (C=O) groups excluding carboxylic acids is 1. The topological polar surface area (TPSA) is 38.8 Å². The third-order valence-corrected chi connectivity index (χ3v) is 4.82. The Morgan fingerprint density at radius 2 is 2.00 bits per heavy atom. The normalized spacial score (nSPS) is 22.1. The number of likely N-dealkylation sites (tertiary alicyclic amines) is 1. The van der Waals surface area contributed by atoms with Crippen LogP contribution in [0.5, 0.6) is 0 Å². The molecule has 1 atom stereocenters. The molecule has 4 nitrogen and oxygen atoms in total. The van der Waals surface area contributed by atoms with Crippen molar-refractivity contribution in [2.45, 2.75) is 37.7 Å². The fraction of sp³-hybridized carbons (Fsp3) is 0.611. The van der Waals surface area contributed by atoms with Crippen LogP contribution in [0.25, 0.3) is 0 Å². The second kappa shape index (κ2) is 8.03. The lowest BCUT2D eigenvalue weighted by Crippen LogP contribution is -2.40. The predicted octanol–water partition coefficient (Wildman–Crippen LogP) is 2.87. The molecule has 0 spiro atoms. The van der Waals surface area contributed by atoms with Crippen LogP contribution < -0.4 is 0 Å². The molecule has 2 fully saturated rings. The summed E-state index contributed by atoms with van der Waals surface area (Å²) in [5.74, 6) is -1.49. The SMILES string of the molecule is O=C(COC[C@H]1CCCO1)N1CCC(c2ccc(F)c(F)c2)CC1. The monoisotopic (exact) mass is 339 g/mol. The summed E-state index contributed by atoms with van der Waals surface area (Å²) in [5, 5.41) is 0. The average molecular weight is 339 g/mol. The predicted molar refractivity (Wildman–Crippen MR) is 84.7 cm³/mol. The van der Waals surface area contributed by atoms with E-state index in [9.17, 15) is 13.6 Å². The number of carbonyl (C=O) groups is 1. The molecule has 0 aliphatic carbocycles. The number of benzene rings is 1. The maximum atomic E-state index is 13.3. The first-order valence-corrected chi connectivity index (χ1v) is 8.55. The summed E-state index contributed by atoms with van der Waals surface area (Å²) in [4.78, 5) is 13.9. The van der Waals surface area contributed by atoms with Gasteiger partial charge in [-0.2, -0.15) is 0 Å². The van der Waals surface area contributed by atoms with Crippen molar-refractivity contribution in [3.05, 3.63) is 35.4 Å². The van der Waals surface area contributed by atoms with Gasteiger partial charge in [-0.05, 0) is 49.3 Å². The number of piperidine rings is 1. The third-order valence-electron chi connectivity index (χ3n) is 4.82. The Kier molecular flexibility index (Phi) is 5.79. The van der Waals surface area contributed by atoms with E-state index in [1.165, 1.54) is 12.1 Å². The van der Waals surface area contributed by atoms with Gasteiger partial charge in [0.05, 0.1) is 12.7 Å². The second-order valence-electron chi connectivity index (χ2n) is 6.48. The molecule has 0 saturated carbocycles. The largest absolute Gasteiger partial charge is 0.376 e. The number of amides is 1. The molecule has 0 aromatic heterocycles. The van der Waals surface area contributed by atoms with Crippen molar-refractivity contribution in [1.82, 2.24) is 4.90 Å². The smallest absolute Gasteiger partial charge is 0.248 e. The van der Waals surface area contributed by atoms with E-state index in [2.05, 4.69) is 0 Å². The van der Waals surface area contributed by atoms with Gasteiger partial charge in [-0.15, -0.1) is 0 Å². The van der Waals surface area contributed by atoms with Crippen LogP contribution in [-0.2, 0) is 14.3 Å². The number of hydrogen-bond acceptors (Lipinski definition) is 3. The van der Waals surface area contributed by atoms with E-state index >= 15 is 0 Å². The Hall–Kier alpha value is -1.53. The highest BCUT2D eigenvalue weighted by atomic mass is 19.2. The van der Waals surface area contributed by atoms with Crippen molar-refractivity contribution in [1.29, 1.82) is 0 Å². The van der Waals surface area contributed by atoms with Gasteiger partial charge in [0.25, 0.3) is 0 Å². The van der Waals surface area contributed by atoms with Gasteiger partial charge in [0, 0.05) is 19.7 Å². The molecule has 2 saturated heterocycles. The Balaban J connectivity index is 1.42. The Morgan fingerprint density at radius 3 is 2.67 bits per heavy atom. The summed E-state index contributed by atoms with van der Waals surface area (Å²) >= 11 is 0. The molecule has 2 aliphatic rings. The molecular formula is C18H23F2NO3. The zero-order chi connectivity index (χ0) is 16.9. The molecule has 1 aromatic rings. The molecular weight excluding hydrogens is 316 g/mol. The van der Waals surface area contributed by atoms with Crippen LogP contribution in [0, 0.1) is 11.6 Å². The molecule has 1 aromatic carbocycles. The Labute approximate surface area is 140 Å². The molecule has 6 heteroatoms. The zero-order valence-corrected chi connectivity index (χ0v) is 13.7. The summed E-state index contributed by atoms with van der Waals surface area (Å²) in [6.45, 7) is 2.56. The van der Waals surface area contributed by atoms with Crippen LogP contribution in [0.3, 0.4) is 0 Å². The molecule has 2 aliphatic heterocycles. The quantitative estimate of drug-likeness (QED) is 0.828. The van der Waals surface area contributed by atoms with Crippen LogP contribution in [0.1, 0.15) is 37.2 Å². The van der Waals surface area contributed by atoms with E-state index in [-0.39, 0.29) is 24.5 Å². The van der Waals surface area contributed by atoms with E-state index in [1.807, 2.05) is 0 Å². The number of halogens is 2. The molecule has 3 rings (SSSR count). The first kappa shape index (κ1) is 17.3. The zero-order valence-electron chi connectivity index (χ0n) is 13.7. The van der Waals surface area contributed by atoms with Crippen LogP contribution in [0.2, 0.25) is 0 Å². The van der Waals surface area contributed by atoms with Crippen molar-refractivity contribution in [3.8, 4) is 0 Å². The van der Waals surface area contributed by atoms with Crippen LogP contribution >= 0.6 is 0 Å². The van der Waals surface area contributed by atoms with E-state index < -0.39 is 11.6 Å². The first-order chi connectivity index (χ1) is 11.6. The molecule has 2 heterocycles. The van der Waals surface area contributed by atoms with Crippen LogP contribution in [-0.4, -0.2) is 49.8 Å². The lowest BCUT2D eigenvalue weighted by Gasteiger charge is -2.32. The summed E-state index contributed by atoms with van der Waals surface area (Å²) in [6.07, 6.45) is 3.68. The van der Waals surface area contributed by atoms with E-state index in [0.29, 0.717) is 19.7 Å². The van der Waals surface area contributed by atoms with Crippen molar-refractivity contribution < 1.29 is 23.0 Å². The van der Waals surface area contributed by atoms with Gasteiger partial charge in [-0.1, -0.05) is 6.07 Å². The highest BCUT2D eigenvalue weighted by Crippen LogP contribution is 2.29. The van der Waals surface area contributed by atoms with Gasteiger partial charge in [0.1, 0.15) is 6.61 Å². The van der Waals surface area contributed by atoms with Crippen LogP contribution in [0.4, 0.5) is 8.78 Å². The lowest BCUT2D eigenvalue weighted by molar-refractivity contribution is -0.138. The Morgan fingerprint density at radius 1 is 1.21 bits per heavy atom. The number of nitrogens with zero attached hydrogens (tertiary/aromatic N) is 1. The standard InChI is InChI=1S/C18H23F2NO3/c19-16-4-3-14(10-17(16)20)13-5-7-21(8-6-13)18(22)12-23-11-15-2-1-9-24-15/h3-4,10,13,15H,1-2,5-9,11-12H2/t15-/m1/s1. The fourth-order valence-electron chi connectivity index (χ4n) is 3.37. The minimum atomic E-state index is -0.824. The van der Waals surface area contributed by atoms with Gasteiger partial charge in [0.15, 0.2) is 11.6 Å². The summed E-state index contributed by atoms with van der Waals surface area (Å²) in [5.41, 5.74) is 0.802. The average Bonchev–Trinajstić information content (AvgIpc) is 3.11. The molecule has 132 valence electrons. The van der Waals surface area contributed by atoms with E-state index in [4.69, 9.17) is 9.47 Å². The molecule has 0 N–H and O–H groups in total. The van der Waals surface area contributed by atoms with E-state index in [1.54, 1.807) is 11.0 Å². The van der Waals surface area contributed by atoms with Crippen molar-refractivity contribution >= 4 is 5.91 Å². The van der Waals surface area contributed by atoms with Crippen molar-refractivity contribution in [2.24, 2.45) is 0 Å².